The maximum atomic E-state index is 12.5. The molecule has 1 unspecified atom stereocenters. The molecule has 1 N–H and O–H groups in total. The van der Waals surface area contributed by atoms with Gasteiger partial charge in [0.25, 0.3) is 0 Å². The lowest BCUT2D eigenvalue weighted by atomic mass is 10.1. The van der Waals surface area contributed by atoms with Crippen LogP contribution in [-0.2, 0) is 20.6 Å². The zero-order chi connectivity index (χ0) is 15.5. The normalized spacial score (nSPS) is 19.9. The second kappa shape index (κ2) is 6.47. The highest BCUT2D eigenvalue weighted by Crippen LogP contribution is 2.23. The first kappa shape index (κ1) is 15.8. The number of sulfonamides is 1. The van der Waals surface area contributed by atoms with E-state index in [1.54, 1.807) is 24.3 Å². The van der Waals surface area contributed by atoms with Crippen LogP contribution in [0, 0.1) is 11.3 Å². The summed E-state index contributed by atoms with van der Waals surface area (Å²) in [6.07, 6.45) is 0. The first-order valence-electron chi connectivity index (χ1n) is 6.24. The molecule has 2 rings (SSSR count). The largest absolute Gasteiger partial charge is 0.480 e. The van der Waals surface area contributed by atoms with Crippen molar-refractivity contribution in [3.05, 3.63) is 35.4 Å². The Balaban J connectivity index is 2.29. The monoisotopic (exact) mass is 326 g/mol. The summed E-state index contributed by atoms with van der Waals surface area (Å²) < 4.78 is 26.0. The van der Waals surface area contributed by atoms with E-state index in [1.165, 1.54) is 11.8 Å². The summed E-state index contributed by atoms with van der Waals surface area (Å²) in [5.41, 5.74) is 0.682. The average Bonchev–Trinajstić information content (AvgIpc) is 2.47. The number of hydrogen-bond acceptors (Lipinski definition) is 5. The Labute approximate surface area is 127 Å². The molecule has 0 aromatic heterocycles. The number of hydrogen-bond donors (Lipinski definition) is 1. The highest BCUT2D eigenvalue weighted by Gasteiger charge is 2.37. The Morgan fingerprint density at radius 2 is 2.19 bits per heavy atom. The summed E-state index contributed by atoms with van der Waals surface area (Å²) in [7, 11) is -3.78. The van der Waals surface area contributed by atoms with Gasteiger partial charge in [0.2, 0.25) is 10.0 Å². The van der Waals surface area contributed by atoms with E-state index < -0.39 is 22.0 Å². The second-order valence-corrected chi connectivity index (χ2v) is 7.64. The average molecular weight is 326 g/mol. The molecule has 1 aliphatic heterocycles. The number of nitriles is 1. The van der Waals surface area contributed by atoms with Crippen LogP contribution in [-0.4, -0.2) is 47.9 Å². The first-order valence-corrected chi connectivity index (χ1v) is 9.00. The van der Waals surface area contributed by atoms with Crippen molar-refractivity contribution in [3.63, 3.8) is 0 Å². The number of nitrogens with zero attached hydrogens (tertiary/aromatic N) is 2. The van der Waals surface area contributed by atoms with Gasteiger partial charge in [-0.25, -0.2) is 8.42 Å². The van der Waals surface area contributed by atoms with Crippen molar-refractivity contribution in [3.8, 4) is 6.07 Å². The van der Waals surface area contributed by atoms with Gasteiger partial charge in [-0.05, 0) is 11.6 Å². The lowest BCUT2D eigenvalue weighted by Gasteiger charge is -2.31. The van der Waals surface area contributed by atoms with Crippen molar-refractivity contribution in [2.45, 2.75) is 11.8 Å². The Morgan fingerprint density at radius 1 is 1.48 bits per heavy atom. The fourth-order valence-electron chi connectivity index (χ4n) is 2.15. The van der Waals surface area contributed by atoms with E-state index in [4.69, 9.17) is 10.4 Å². The number of carboxylic acids is 1. The number of benzene rings is 1. The number of rotatable bonds is 4. The molecular formula is C13H14N2O4S2. The van der Waals surface area contributed by atoms with E-state index in [-0.39, 0.29) is 18.1 Å². The standard InChI is InChI=1S/C13H14N2O4S2/c14-7-10-3-1-2-4-11(10)9-21(18,19)15-5-6-20-8-12(15)13(16)17/h1-4,12H,5-6,8-9H2,(H,16,17). The van der Waals surface area contributed by atoms with Crippen molar-refractivity contribution >= 4 is 27.8 Å². The maximum Gasteiger partial charge on any atom is 0.322 e. The quantitative estimate of drug-likeness (QED) is 0.882. The summed E-state index contributed by atoms with van der Waals surface area (Å²) in [5.74, 6) is -0.679. The van der Waals surface area contributed by atoms with Gasteiger partial charge in [0.05, 0.1) is 17.4 Å². The fraction of sp³-hybridized carbons (Fsp3) is 0.385. The minimum Gasteiger partial charge on any atom is -0.480 e. The molecule has 1 aromatic carbocycles. The van der Waals surface area contributed by atoms with Crippen LogP contribution in [0.4, 0.5) is 0 Å². The molecule has 0 radical (unpaired) electrons. The van der Waals surface area contributed by atoms with E-state index in [2.05, 4.69) is 0 Å². The van der Waals surface area contributed by atoms with Crippen LogP contribution >= 0.6 is 11.8 Å². The van der Waals surface area contributed by atoms with Gasteiger partial charge < -0.3 is 5.11 Å². The van der Waals surface area contributed by atoms with Crippen LogP contribution in [0.2, 0.25) is 0 Å². The van der Waals surface area contributed by atoms with Crippen molar-refractivity contribution in [2.75, 3.05) is 18.1 Å². The predicted octanol–water partition coefficient (Wildman–Crippen LogP) is 0.890. The van der Waals surface area contributed by atoms with Gasteiger partial charge in [-0.15, -0.1) is 0 Å². The molecular weight excluding hydrogens is 312 g/mol. The van der Waals surface area contributed by atoms with Gasteiger partial charge in [-0.2, -0.15) is 21.3 Å². The SMILES string of the molecule is N#Cc1ccccc1CS(=O)(=O)N1CCSCC1C(=O)O. The molecule has 21 heavy (non-hydrogen) atoms. The number of thioether (sulfide) groups is 1. The molecule has 0 saturated carbocycles. The van der Waals surface area contributed by atoms with Crippen molar-refractivity contribution in [1.82, 2.24) is 4.31 Å². The van der Waals surface area contributed by atoms with Crippen LogP contribution in [0.1, 0.15) is 11.1 Å². The lowest BCUT2D eigenvalue weighted by molar-refractivity contribution is -0.140. The fourth-order valence-corrected chi connectivity index (χ4v) is 5.13. The Kier molecular flexibility index (Phi) is 4.88. The summed E-state index contributed by atoms with van der Waals surface area (Å²) in [6.45, 7) is 0.179. The van der Waals surface area contributed by atoms with Gasteiger partial charge in [0.1, 0.15) is 6.04 Å². The minimum absolute atomic E-state index is 0.179. The molecule has 1 aliphatic rings. The molecule has 6 nitrogen and oxygen atoms in total. The first-order chi connectivity index (χ1) is 9.95. The Morgan fingerprint density at radius 3 is 2.86 bits per heavy atom. The van der Waals surface area contributed by atoms with Gasteiger partial charge in [-0.1, -0.05) is 18.2 Å². The van der Waals surface area contributed by atoms with E-state index in [9.17, 15) is 13.2 Å². The van der Waals surface area contributed by atoms with Crippen LogP contribution in [0.25, 0.3) is 0 Å². The lowest BCUT2D eigenvalue weighted by Crippen LogP contribution is -2.50. The van der Waals surface area contributed by atoms with E-state index in [0.717, 1.165) is 4.31 Å². The third-order valence-electron chi connectivity index (χ3n) is 3.20. The molecule has 112 valence electrons. The topological polar surface area (TPSA) is 98.5 Å². The minimum atomic E-state index is -3.78. The molecule has 1 atom stereocenters. The summed E-state index contributed by atoms with van der Waals surface area (Å²) in [5, 5.41) is 18.2. The van der Waals surface area contributed by atoms with E-state index >= 15 is 0 Å². The van der Waals surface area contributed by atoms with E-state index in [0.29, 0.717) is 16.9 Å². The molecule has 0 amide bonds. The zero-order valence-electron chi connectivity index (χ0n) is 11.1. The van der Waals surface area contributed by atoms with Gasteiger partial charge in [-0.3, -0.25) is 4.79 Å². The molecule has 8 heteroatoms. The molecule has 1 aromatic rings. The third-order valence-corrected chi connectivity index (χ3v) is 6.05. The molecule has 1 heterocycles. The second-order valence-electron chi connectivity index (χ2n) is 4.56. The molecule has 1 saturated heterocycles. The molecule has 0 aliphatic carbocycles. The van der Waals surface area contributed by atoms with E-state index in [1.807, 2.05) is 6.07 Å². The molecule has 1 fully saturated rings. The van der Waals surface area contributed by atoms with Crippen LogP contribution in [0.15, 0.2) is 24.3 Å². The van der Waals surface area contributed by atoms with Crippen LogP contribution in [0.3, 0.4) is 0 Å². The molecule has 0 spiro atoms. The van der Waals surface area contributed by atoms with Crippen molar-refractivity contribution < 1.29 is 18.3 Å². The summed E-state index contributed by atoms with van der Waals surface area (Å²) in [6, 6.07) is 7.35. The predicted molar refractivity (Wildman–Crippen MR) is 79.2 cm³/mol. The highest BCUT2D eigenvalue weighted by molar-refractivity contribution is 7.99. The summed E-state index contributed by atoms with van der Waals surface area (Å²) >= 11 is 1.43. The third kappa shape index (κ3) is 3.56. The van der Waals surface area contributed by atoms with Crippen LogP contribution < -0.4 is 0 Å². The van der Waals surface area contributed by atoms with Gasteiger partial charge in [0, 0.05) is 18.1 Å². The number of carboxylic acid groups (broad SMARTS) is 1. The maximum absolute atomic E-state index is 12.5. The molecule has 0 bridgehead atoms. The van der Waals surface area contributed by atoms with Crippen molar-refractivity contribution in [2.24, 2.45) is 0 Å². The van der Waals surface area contributed by atoms with Gasteiger partial charge in [0.15, 0.2) is 0 Å². The van der Waals surface area contributed by atoms with Crippen molar-refractivity contribution in [1.29, 1.82) is 5.26 Å². The highest BCUT2D eigenvalue weighted by atomic mass is 32.2. The summed E-state index contributed by atoms with van der Waals surface area (Å²) in [4.78, 5) is 11.2. The Bertz CT molecular complexity index is 682. The van der Waals surface area contributed by atoms with Crippen LogP contribution in [0.5, 0.6) is 0 Å². The zero-order valence-corrected chi connectivity index (χ0v) is 12.7. The smallest absolute Gasteiger partial charge is 0.322 e. The number of carbonyl (C=O) groups is 1. The number of aliphatic carboxylic acids is 1. The van der Waals surface area contributed by atoms with Gasteiger partial charge >= 0.3 is 5.97 Å². The Hall–Kier alpha value is -1.56.